The monoisotopic (exact) mass is 221 g/mol. The molecule has 0 bridgehead atoms. The van der Waals surface area contributed by atoms with Crippen molar-refractivity contribution in [2.75, 3.05) is 13.6 Å². The summed E-state index contributed by atoms with van der Waals surface area (Å²) < 4.78 is 0. The van der Waals surface area contributed by atoms with Crippen LogP contribution >= 0.6 is 0 Å². The first-order valence-electron chi connectivity index (χ1n) is 5.33. The van der Waals surface area contributed by atoms with E-state index >= 15 is 0 Å². The average Bonchev–Trinajstić information content (AvgIpc) is 2.29. The predicted octanol–water partition coefficient (Wildman–Crippen LogP) is 1.50. The molecule has 88 valence electrons. The van der Waals surface area contributed by atoms with Crippen LogP contribution in [0.25, 0.3) is 0 Å². The Morgan fingerprint density at radius 3 is 2.62 bits per heavy atom. The highest BCUT2D eigenvalue weighted by Crippen LogP contribution is 2.05. The van der Waals surface area contributed by atoms with Crippen molar-refractivity contribution in [3.05, 3.63) is 35.9 Å². The molecular weight excluding hydrogens is 202 g/mol. The average molecular weight is 221 g/mol. The van der Waals surface area contributed by atoms with E-state index in [-0.39, 0.29) is 11.8 Å². The molecule has 1 aromatic carbocycles. The lowest BCUT2D eigenvalue weighted by Gasteiger charge is -2.20. The number of hydrogen-bond acceptors (Lipinski definition) is 3. The second-order valence-electron chi connectivity index (χ2n) is 4.11. The smallest absolute Gasteiger partial charge is 0.143 e. The SMILES string of the molecule is CC(CN(C)Cc1ccccc1)/C(N)=N/O. The molecule has 1 unspecified atom stereocenters. The zero-order valence-electron chi connectivity index (χ0n) is 9.80. The van der Waals surface area contributed by atoms with Crippen LogP contribution in [0.4, 0.5) is 0 Å². The summed E-state index contributed by atoms with van der Waals surface area (Å²) in [4.78, 5) is 2.15. The number of rotatable bonds is 5. The fourth-order valence-corrected chi connectivity index (χ4v) is 1.62. The fourth-order valence-electron chi connectivity index (χ4n) is 1.62. The molecular formula is C12H19N3O. The molecule has 0 radical (unpaired) electrons. The molecule has 0 amide bonds. The van der Waals surface area contributed by atoms with Crippen molar-refractivity contribution in [2.45, 2.75) is 13.5 Å². The molecule has 0 fully saturated rings. The summed E-state index contributed by atoms with van der Waals surface area (Å²) in [5, 5.41) is 11.6. The van der Waals surface area contributed by atoms with E-state index in [0.29, 0.717) is 0 Å². The van der Waals surface area contributed by atoms with Crippen molar-refractivity contribution in [3.63, 3.8) is 0 Å². The van der Waals surface area contributed by atoms with Gasteiger partial charge in [-0.25, -0.2) is 0 Å². The van der Waals surface area contributed by atoms with Gasteiger partial charge in [-0.15, -0.1) is 0 Å². The minimum atomic E-state index is 0.0544. The first-order chi connectivity index (χ1) is 7.63. The van der Waals surface area contributed by atoms with Gasteiger partial charge in [0.2, 0.25) is 0 Å². The molecule has 16 heavy (non-hydrogen) atoms. The number of oxime groups is 1. The van der Waals surface area contributed by atoms with Crippen LogP contribution in [0.2, 0.25) is 0 Å². The standard InChI is InChI=1S/C12H19N3O/c1-10(12(13)14-16)8-15(2)9-11-6-4-3-5-7-11/h3-7,10,16H,8-9H2,1-2H3,(H2,13,14). The number of nitrogens with two attached hydrogens (primary N) is 1. The summed E-state index contributed by atoms with van der Waals surface area (Å²) in [6.45, 7) is 3.57. The van der Waals surface area contributed by atoms with Crippen LogP contribution in [0.1, 0.15) is 12.5 Å². The van der Waals surface area contributed by atoms with E-state index in [1.54, 1.807) is 0 Å². The Balaban J connectivity index is 2.45. The molecule has 0 spiro atoms. The maximum absolute atomic E-state index is 8.55. The summed E-state index contributed by atoms with van der Waals surface area (Å²) in [7, 11) is 2.02. The molecule has 4 heteroatoms. The topological polar surface area (TPSA) is 61.8 Å². The van der Waals surface area contributed by atoms with Crippen molar-refractivity contribution in [2.24, 2.45) is 16.8 Å². The minimum absolute atomic E-state index is 0.0544. The van der Waals surface area contributed by atoms with Crippen LogP contribution in [0.3, 0.4) is 0 Å². The first-order valence-corrected chi connectivity index (χ1v) is 5.33. The van der Waals surface area contributed by atoms with E-state index < -0.39 is 0 Å². The molecule has 1 atom stereocenters. The van der Waals surface area contributed by atoms with Gasteiger partial charge in [-0.05, 0) is 12.6 Å². The number of hydrogen-bond donors (Lipinski definition) is 2. The third-order valence-electron chi connectivity index (χ3n) is 2.50. The molecule has 0 heterocycles. The summed E-state index contributed by atoms with van der Waals surface area (Å²) >= 11 is 0. The third-order valence-corrected chi connectivity index (χ3v) is 2.50. The molecule has 4 nitrogen and oxygen atoms in total. The van der Waals surface area contributed by atoms with Gasteiger partial charge in [-0.2, -0.15) is 0 Å². The lowest BCUT2D eigenvalue weighted by molar-refractivity contribution is 0.290. The van der Waals surface area contributed by atoms with E-state index in [1.807, 2.05) is 32.2 Å². The van der Waals surface area contributed by atoms with Gasteiger partial charge in [-0.1, -0.05) is 42.4 Å². The maximum atomic E-state index is 8.55. The van der Waals surface area contributed by atoms with E-state index in [0.717, 1.165) is 13.1 Å². The van der Waals surface area contributed by atoms with Gasteiger partial charge in [-0.3, -0.25) is 0 Å². The zero-order chi connectivity index (χ0) is 12.0. The van der Waals surface area contributed by atoms with Crippen molar-refractivity contribution >= 4 is 5.84 Å². The van der Waals surface area contributed by atoms with Gasteiger partial charge >= 0.3 is 0 Å². The van der Waals surface area contributed by atoms with Crippen molar-refractivity contribution in [1.82, 2.24) is 4.90 Å². The third kappa shape index (κ3) is 3.90. The molecule has 0 aliphatic carbocycles. The Morgan fingerprint density at radius 2 is 2.06 bits per heavy atom. The van der Waals surface area contributed by atoms with Crippen LogP contribution < -0.4 is 5.73 Å². The van der Waals surface area contributed by atoms with Crippen LogP contribution in [0.15, 0.2) is 35.5 Å². The summed E-state index contributed by atoms with van der Waals surface area (Å²) in [5.41, 5.74) is 6.79. The lowest BCUT2D eigenvalue weighted by atomic mass is 10.1. The summed E-state index contributed by atoms with van der Waals surface area (Å²) in [6.07, 6.45) is 0. The quantitative estimate of drug-likeness (QED) is 0.343. The highest BCUT2D eigenvalue weighted by molar-refractivity contribution is 5.82. The van der Waals surface area contributed by atoms with E-state index in [9.17, 15) is 0 Å². The fraction of sp³-hybridized carbons (Fsp3) is 0.417. The molecule has 0 saturated heterocycles. The Hall–Kier alpha value is -1.55. The Labute approximate surface area is 96.4 Å². The first kappa shape index (κ1) is 12.5. The highest BCUT2D eigenvalue weighted by atomic mass is 16.4. The maximum Gasteiger partial charge on any atom is 0.143 e. The molecule has 0 aromatic heterocycles. The van der Waals surface area contributed by atoms with Crippen molar-refractivity contribution in [1.29, 1.82) is 0 Å². The molecule has 3 N–H and O–H groups in total. The second kappa shape index (κ2) is 6.12. The lowest BCUT2D eigenvalue weighted by Crippen LogP contribution is -2.32. The van der Waals surface area contributed by atoms with Crippen LogP contribution in [0, 0.1) is 5.92 Å². The number of amidine groups is 1. The van der Waals surface area contributed by atoms with Gasteiger partial charge < -0.3 is 15.8 Å². The van der Waals surface area contributed by atoms with Gasteiger partial charge in [0.05, 0.1) is 0 Å². The zero-order valence-corrected chi connectivity index (χ0v) is 9.80. The van der Waals surface area contributed by atoms with Gasteiger partial charge in [0, 0.05) is 19.0 Å². The van der Waals surface area contributed by atoms with Gasteiger partial charge in [0.15, 0.2) is 0 Å². The van der Waals surface area contributed by atoms with E-state index in [1.165, 1.54) is 5.56 Å². The Morgan fingerprint density at radius 1 is 1.44 bits per heavy atom. The predicted molar refractivity (Wildman–Crippen MR) is 65.3 cm³/mol. The second-order valence-corrected chi connectivity index (χ2v) is 4.11. The number of nitrogens with zero attached hydrogens (tertiary/aromatic N) is 2. The van der Waals surface area contributed by atoms with Gasteiger partial charge in [0.25, 0.3) is 0 Å². The normalized spacial score (nSPS) is 14.1. The molecule has 0 aliphatic rings. The van der Waals surface area contributed by atoms with Crippen molar-refractivity contribution < 1.29 is 5.21 Å². The molecule has 0 aliphatic heterocycles. The molecule has 0 saturated carbocycles. The molecule has 1 aromatic rings. The summed E-state index contributed by atoms with van der Waals surface area (Å²) in [6, 6.07) is 10.2. The van der Waals surface area contributed by atoms with E-state index in [4.69, 9.17) is 10.9 Å². The largest absolute Gasteiger partial charge is 0.409 e. The van der Waals surface area contributed by atoms with Crippen LogP contribution in [-0.2, 0) is 6.54 Å². The van der Waals surface area contributed by atoms with Crippen molar-refractivity contribution in [3.8, 4) is 0 Å². The molecule has 1 rings (SSSR count). The Bertz CT molecular complexity index is 337. The number of benzene rings is 1. The van der Waals surface area contributed by atoms with E-state index in [2.05, 4.69) is 22.2 Å². The Kier molecular flexibility index (Phi) is 4.79. The minimum Gasteiger partial charge on any atom is -0.409 e. The summed E-state index contributed by atoms with van der Waals surface area (Å²) in [5.74, 6) is 0.332. The van der Waals surface area contributed by atoms with Crippen LogP contribution in [0.5, 0.6) is 0 Å². The van der Waals surface area contributed by atoms with Gasteiger partial charge in [0.1, 0.15) is 5.84 Å². The highest BCUT2D eigenvalue weighted by Gasteiger charge is 2.10. The van der Waals surface area contributed by atoms with Crippen LogP contribution in [-0.4, -0.2) is 29.5 Å².